The van der Waals surface area contributed by atoms with Gasteiger partial charge in [0.05, 0.1) is 0 Å². The van der Waals surface area contributed by atoms with Crippen molar-refractivity contribution in [2.45, 2.75) is 65.1 Å². The molecule has 0 aliphatic carbocycles. The molecule has 1 atom stereocenters. The van der Waals surface area contributed by atoms with E-state index in [4.69, 9.17) is 4.74 Å². The van der Waals surface area contributed by atoms with Gasteiger partial charge in [-0.05, 0) is 38.8 Å². The molecule has 1 unspecified atom stereocenters. The SMILES string of the molecule is CCCCC(CNC(=O)OC(C)(C)C)NCc1cc[nH]c1. The number of H-pyrrole nitrogens is 1. The van der Waals surface area contributed by atoms with Crippen LogP contribution in [0.15, 0.2) is 18.5 Å². The number of aromatic nitrogens is 1. The third-order valence-corrected chi connectivity index (χ3v) is 3.06. The molecule has 0 saturated heterocycles. The first-order chi connectivity index (χ1) is 9.90. The number of nitrogens with one attached hydrogen (secondary N) is 3. The number of ether oxygens (including phenoxy) is 1. The van der Waals surface area contributed by atoms with Gasteiger partial charge < -0.3 is 20.4 Å². The average molecular weight is 295 g/mol. The van der Waals surface area contributed by atoms with Gasteiger partial charge >= 0.3 is 6.09 Å². The Morgan fingerprint density at radius 1 is 1.43 bits per heavy atom. The Morgan fingerprint density at radius 2 is 2.19 bits per heavy atom. The zero-order valence-electron chi connectivity index (χ0n) is 13.7. The number of alkyl carbamates (subject to hydrolysis) is 1. The Morgan fingerprint density at radius 3 is 2.76 bits per heavy atom. The van der Waals surface area contributed by atoms with E-state index in [-0.39, 0.29) is 12.1 Å². The average Bonchev–Trinajstić information content (AvgIpc) is 2.89. The smallest absolute Gasteiger partial charge is 0.407 e. The van der Waals surface area contributed by atoms with Crippen molar-refractivity contribution in [3.63, 3.8) is 0 Å². The van der Waals surface area contributed by atoms with Gasteiger partial charge in [-0.25, -0.2) is 4.79 Å². The molecule has 0 fully saturated rings. The molecule has 3 N–H and O–H groups in total. The molecule has 0 aliphatic heterocycles. The van der Waals surface area contributed by atoms with Crippen LogP contribution < -0.4 is 10.6 Å². The van der Waals surface area contributed by atoms with E-state index in [1.165, 1.54) is 5.56 Å². The fraction of sp³-hybridized carbons (Fsp3) is 0.688. The summed E-state index contributed by atoms with van der Waals surface area (Å²) >= 11 is 0. The molecule has 21 heavy (non-hydrogen) atoms. The predicted octanol–water partition coefficient (Wildman–Crippen LogP) is 3.19. The minimum absolute atomic E-state index is 0.257. The lowest BCUT2D eigenvalue weighted by Gasteiger charge is -2.22. The maximum absolute atomic E-state index is 11.7. The topological polar surface area (TPSA) is 66.2 Å². The van der Waals surface area contributed by atoms with Crippen molar-refractivity contribution in [1.82, 2.24) is 15.6 Å². The molecule has 1 rings (SSSR count). The molecule has 0 saturated carbocycles. The summed E-state index contributed by atoms with van der Waals surface area (Å²) in [7, 11) is 0. The summed E-state index contributed by atoms with van der Waals surface area (Å²) in [4.78, 5) is 14.7. The van der Waals surface area contributed by atoms with E-state index >= 15 is 0 Å². The zero-order chi connectivity index (χ0) is 15.7. The van der Waals surface area contributed by atoms with Crippen molar-refractivity contribution < 1.29 is 9.53 Å². The summed E-state index contributed by atoms with van der Waals surface area (Å²) in [5.74, 6) is 0. The second-order valence-corrected chi connectivity index (χ2v) is 6.32. The van der Waals surface area contributed by atoms with Gasteiger partial charge in [0.15, 0.2) is 0 Å². The number of hydrogen-bond donors (Lipinski definition) is 3. The van der Waals surface area contributed by atoms with Crippen molar-refractivity contribution in [3.8, 4) is 0 Å². The first kappa shape index (κ1) is 17.6. The minimum Gasteiger partial charge on any atom is -0.444 e. The summed E-state index contributed by atoms with van der Waals surface area (Å²) in [6, 6.07) is 2.30. The Balaban J connectivity index is 2.36. The van der Waals surface area contributed by atoms with E-state index in [1.807, 2.05) is 39.2 Å². The molecule has 120 valence electrons. The molecule has 1 heterocycles. The summed E-state index contributed by atoms with van der Waals surface area (Å²) in [5.41, 5.74) is 0.760. The molecule has 1 aromatic heterocycles. The number of carbonyl (C=O) groups excluding carboxylic acids is 1. The first-order valence-corrected chi connectivity index (χ1v) is 7.72. The summed E-state index contributed by atoms with van der Waals surface area (Å²) in [6.45, 7) is 9.15. The van der Waals surface area contributed by atoms with Crippen LogP contribution in [0.4, 0.5) is 4.79 Å². The summed E-state index contributed by atoms with van der Waals surface area (Å²) in [5, 5.41) is 6.33. The molecular formula is C16H29N3O2. The fourth-order valence-electron chi connectivity index (χ4n) is 1.98. The van der Waals surface area contributed by atoms with E-state index in [0.29, 0.717) is 6.54 Å². The van der Waals surface area contributed by atoms with Crippen LogP contribution in [0, 0.1) is 0 Å². The van der Waals surface area contributed by atoms with Crippen LogP contribution in [0.3, 0.4) is 0 Å². The largest absolute Gasteiger partial charge is 0.444 e. The molecule has 1 amide bonds. The maximum atomic E-state index is 11.7. The summed E-state index contributed by atoms with van der Waals surface area (Å²) in [6.07, 6.45) is 6.86. The highest BCUT2D eigenvalue weighted by Gasteiger charge is 2.17. The normalized spacial score (nSPS) is 13.0. The maximum Gasteiger partial charge on any atom is 0.407 e. The van der Waals surface area contributed by atoms with Crippen molar-refractivity contribution in [2.75, 3.05) is 6.54 Å². The van der Waals surface area contributed by atoms with Crippen LogP contribution in [0.5, 0.6) is 0 Å². The van der Waals surface area contributed by atoms with Gasteiger partial charge in [0.25, 0.3) is 0 Å². The standard InChI is InChI=1S/C16H29N3O2/c1-5-6-7-14(18-11-13-8-9-17-10-13)12-19-15(20)21-16(2,3)4/h8-10,14,17-18H,5-7,11-12H2,1-4H3,(H,19,20). The van der Waals surface area contributed by atoms with Crippen molar-refractivity contribution in [3.05, 3.63) is 24.0 Å². The van der Waals surface area contributed by atoms with Gasteiger partial charge in [-0.2, -0.15) is 0 Å². The van der Waals surface area contributed by atoms with E-state index in [0.717, 1.165) is 25.8 Å². The third kappa shape index (κ3) is 8.40. The lowest BCUT2D eigenvalue weighted by atomic mass is 10.1. The number of rotatable bonds is 8. The number of hydrogen-bond acceptors (Lipinski definition) is 3. The quantitative estimate of drug-likeness (QED) is 0.690. The number of carbonyl (C=O) groups is 1. The molecule has 0 aliphatic rings. The highest BCUT2D eigenvalue weighted by molar-refractivity contribution is 5.67. The molecule has 5 heteroatoms. The van der Waals surface area contributed by atoms with Gasteiger partial charge in [-0.15, -0.1) is 0 Å². The van der Waals surface area contributed by atoms with Gasteiger partial charge in [0.1, 0.15) is 5.60 Å². The van der Waals surface area contributed by atoms with Crippen LogP contribution in [-0.4, -0.2) is 29.3 Å². The molecule has 0 aromatic carbocycles. The van der Waals surface area contributed by atoms with Crippen LogP contribution in [0.25, 0.3) is 0 Å². The van der Waals surface area contributed by atoms with Crippen molar-refractivity contribution in [1.29, 1.82) is 0 Å². The predicted molar refractivity (Wildman–Crippen MR) is 85.2 cm³/mol. The minimum atomic E-state index is -0.457. The van der Waals surface area contributed by atoms with Crippen LogP contribution in [-0.2, 0) is 11.3 Å². The van der Waals surface area contributed by atoms with Gasteiger partial charge in [0, 0.05) is 31.5 Å². The van der Waals surface area contributed by atoms with Crippen molar-refractivity contribution in [2.24, 2.45) is 0 Å². The third-order valence-electron chi connectivity index (χ3n) is 3.06. The van der Waals surface area contributed by atoms with E-state index in [1.54, 1.807) is 0 Å². The van der Waals surface area contributed by atoms with Gasteiger partial charge in [-0.3, -0.25) is 0 Å². The second kappa shape index (κ2) is 8.72. The fourth-order valence-corrected chi connectivity index (χ4v) is 1.98. The van der Waals surface area contributed by atoms with E-state index < -0.39 is 5.60 Å². The summed E-state index contributed by atoms with van der Waals surface area (Å²) < 4.78 is 5.26. The Bertz CT molecular complexity index is 396. The molecule has 1 aromatic rings. The molecule has 0 spiro atoms. The number of unbranched alkanes of at least 4 members (excludes halogenated alkanes) is 1. The number of aromatic amines is 1. The van der Waals surface area contributed by atoms with Gasteiger partial charge in [-0.1, -0.05) is 19.8 Å². The molecule has 0 bridgehead atoms. The van der Waals surface area contributed by atoms with Crippen LogP contribution in [0.2, 0.25) is 0 Å². The van der Waals surface area contributed by atoms with Gasteiger partial charge in [0.2, 0.25) is 0 Å². The van der Waals surface area contributed by atoms with Crippen LogP contribution >= 0.6 is 0 Å². The lowest BCUT2D eigenvalue weighted by Crippen LogP contribution is -2.42. The van der Waals surface area contributed by atoms with E-state index in [9.17, 15) is 4.79 Å². The molecular weight excluding hydrogens is 266 g/mol. The second-order valence-electron chi connectivity index (χ2n) is 6.32. The van der Waals surface area contributed by atoms with E-state index in [2.05, 4.69) is 22.5 Å². The Labute approximate surface area is 127 Å². The highest BCUT2D eigenvalue weighted by atomic mass is 16.6. The highest BCUT2D eigenvalue weighted by Crippen LogP contribution is 2.07. The Kier molecular flexibility index (Phi) is 7.29. The van der Waals surface area contributed by atoms with Crippen LogP contribution in [0.1, 0.15) is 52.5 Å². The molecule has 0 radical (unpaired) electrons. The first-order valence-electron chi connectivity index (χ1n) is 7.72. The number of amides is 1. The molecule has 5 nitrogen and oxygen atoms in total. The monoisotopic (exact) mass is 295 g/mol. The lowest BCUT2D eigenvalue weighted by molar-refractivity contribution is 0.0521. The zero-order valence-corrected chi connectivity index (χ0v) is 13.7. The Hall–Kier alpha value is -1.49. The van der Waals surface area contributed by atoms with Crippen molar-refractivity contribution >= 4 is 6.09 Å².